The molecule has 300 valence electrons. The van der Waals surface area contributed by atoms with Crippen molar-refractivity contribution in [2.24, 2.45) is 0 Å². The van der Waals surface area contributed by atoms with Crippen LogP contribution in [0.25, 0.3) is 27.5 Å². The second-order valence-corrected chi connectivity index (χ2v) is 15.3. The molecule has 0 aliphatic carbocycles. The van der Waals surface area contributed by atoms with Crippen molar-refractivity contribution in [2.75, 3.05) is 14.7 Å². The van der Waals surface area contributed by atoms with E-state index in [9.17, 15) is 15.8 Å². The van der Waals surface area contributed by atoms with E-state index < -0.39 is 0 Å². The lowest BCUT2D eigenvalue weighted by molar-refractivity contribution is 1.17. The van der Waals surface area contributed by atoms with Crippen molar-refractivity contribution in [3.63, 3.8) is 0 Å². The molecule has 7 heteroatoms. The van der Waals surface area contributed by atoms with Crippen LogP contribution in [0, 0.1) is 34.0 Å². The molecule has 7 nitrogen and oxygen atoms in total. The van der Waals surface area contributed by atoms with E-state index in [4.69, 9.17) is 0 Å². The number of hydrogen-bond donors (Lipinski definition) is 0. The third-order valence-electron chi connectivity index (χ3n) is 11.4. The first-order chi connectivity index (χ1) is 31.6. The molecular formula is C57H37N7. The summed E-state index contributed by atoms with van der Waals surface area (Å²) in [6, 6.07) is 82.2. The second-order valence-electron chi connectivity index (χ2n) is 15.3. The molecule has 0 saturated carbocycles. The molecule has 0 saturated heterocycles. The standard InChI is InChI=1S/C57H37N7/c58-38-41-13-10-22-49(33-41)61(44-16-4-1-5-17-44)47-25-27-48(28-26-47)64-56-31-29-52(62(45-18-6-2-7-19-45)50-23-11-14-42(34-50)39-59)36-54(56)55-37-53(30-32-57(55)64)63(46-20-8-3-9-21-46)51-24-12-15-43(35-51)40-60/h1-37H. The lowest BCUT2D eigenvalue weighted by Crippen LogP contribution is -2.10. The van der Waals surface area contributed by atoms with Gasteiger partial charge < -0.3 is 19.3 Å². The number of para-hydroxylation sites is 3. The van der Waals surface area contributed by atoms with Gasteiger partial charge in [-0.25, -0.2) is 0 Å². The SMILES string of the molecule is N#Cc1cccc(N(c2ccccc2)c2ccc(-n3c4ccc(N(c5ccccc5)c5cccc(C#N)c5)cc4c4cc(N(c5ccccc5)c5cccc(C#N)c5)ccc43)cc2)c1. The molecule has 0 bridgehead atoms. The fourth-order valence-electron chi connectivity index (χ4n) is 8.52. The second kappa shape index (κ2) is 17.0. The Hall–Kier alpha value is -9.35. The molecule has 0 aliphatic heterocycles. The van der Waals surface area contributed by atoms with Crippen molar-refractivity contribution >= 4 is 73.0 Å². The number of aromatic nitrogens is 1. The Labute approximate surface area is 371 Å². The molecule has 0 aliphatic rings. The molecule has 10 aromatic rings. The Morgan fingerprint density at radius 3 is 0.938 bits per heavy atom. The first-order valence-corrected chi connectivity index (χ1v) is 20.8. The van der Waals surface area contributed by atoms with Gasteiger partial charge in [-0.15, -0.1) is 0 Å². The smallest absolute Gasteiger partial charge is 0.0992 e. The zero-order chi connectivity index (χ0) is 43.4. The van der Waals surface area contributed by atoms with Gasteiger partial charge in [0.05, 0.1) is 45.9 Å². The van der Waals surface area contributed by atoms with Crippen molar-refractivity contribution in [3.05, 3.63) is 241 Å². The van der Waals surface area contributed by atoms with E-state index in [-0.39, 0.29) is 0 Å². The monoisotopic (exact) mass is 819 g/mol. The van der Waals surface area contributed by atoms with E-state index in [2.05, 4.69) is 135 Å². The minimum Gasteiger partial charge on any atom is -0.310 e. The zero-order valence-electron chi connectivity index (χ0n) is 34.5. The molecule has 1 aromatic heterocycles. The van der Waals surface area contributed by atoms with Crippen molar-refractivity contribution in [1.29, 1.82) is 15.8 Å². The van der Waals surface area contributed by atoms with E-state index in [0.29, 0.717) is 16.7 Å². The summed E-state index contributed by atoms with van der Waals surface area (Å²) in [7, 11) is 0. The van der Waals surface area contributed by atoms with Crippen LogP contribution in [0.2, 0.25) is 0 Å². The summed E-state index contributed by atoms with van der Waals surface area (Å²) in [6.07, 6.45) is 0. The van der Waals surface area contributed by atoms with Crippen LogP contribution in [0.1, 0.15) is 16.7 Å². The van der Waals surface area contributed by atoms with E-state index >= 15 is 0 Å². The average Bonchev–Trinajstić information content (AvgIpc) is 3.68. The van der Waals surface area contributed by atoms with Gasteiger partial charge in [0, 0.05) is 67.6 Å². The van der Waals surface area contributed by atoms with Crippen LogP contribution in [0.4, 0.5) is 51.2 Å². The molecular weight excluding hydrogens is 783 g/mol. The Morgan fingerprint density at radius 1 is 0.281 bits per heavy atom. The molecule has 1 heterocycles. The Balaban J connectivity index is 1.19. The average molecular weight is 820 g/mol. The van der Waals surface area contributed by atoms with Gasteiger partial charge in [-0.2, -0.15) is 15.8 Å². The fraction of sp³-hybridized carbons (Fsp3) is 0. The van der Waals surface area contributed by atoms with Gasteiger partial charge in [-0.1, -0.05) is 72.8 Å². The number of benzene rings is 9. The van der Waals surface area contributed by atoms with Crippen LogP contribution in [-0.2, 0) is 0 Å². The summed E-state index contributed by atoms with van der Waals surface area (Å²) in [5, 5.41) is 31.6. The number of nitrogens with zero attached hydrogens (tertiary/aromatic N) is 7. The number of nitriles is 3. The topological polar surface area (TPSA) is 86.0 Å². The van der Waals surface area contributed by atoms with E-state index in [1.807, 2.05) is 127 Å². The third kappa shape index (κ3) is 7.31. The van der Waals surface area contributed by atoms with E-state index in [1.54, 1.807) is 0 Å². The summed E-state index contributed by atoms with van der Waals surface area (Å²) in [5.41, 5.74) is 13.1. The summed E-state index contributed by atoms with van der Waals surface area (Å²) in [6.45, 7) is 0. The summed E-state index contributed by atoms with van der Waals surface area (Å²) < 4.78 is 2.30. The van der Waals surface area contributed by atoms with Gasteiger partial charge in [0.25, 0.3) is 0 Å². The number of rotatable bonds is 10. The van der Waals surface area contributed by atoms with Crippen molar-refractivity contribution < 1.29 is 0 Å². The van der Waals surface area contributed by atoms with Crippen molar-refractivity contribution in [2.45, 2.75) is 0 Å². The highest BCUT2D eigenvalue weighted by atomic mass is 15.2. The minimum absolute atomic E-state index is 0.578. The highest BCUT2D eigenvalue weighted by molar-refractivity contribution is 6.12. The van der Waals surface area contributed by atoms with Gasteiger partial charge in [0.15, 0.2) is 0 Å². The maximum atomic E-state index is 9.90. The van der Waals surface area contributed by atoms with Gasteiger partial charge >= 0.3 is 0 Å². The predicted octanol–water partition coefficient (Wildman–Crippen LogP) is 14.8. The minimum atomic E-state index is 0.578. The molecule has 64 heavy (non-hydrogen) atoms. The number of anilines is 9. The van der Waals surface area contributed by atoms with E-state index in [0.717, 1.165) is 78.7 Å². The van der Waals surface area contributed by atoms with Gasteiger partial charge in [-0.05, 0) is 152 Å². The van der Waals surface area contributed by atoms with Crippen molar-refractivity contribution in [3.8, 4) is 23.9 Å². The van der Waals surface area contributed by atoms with E-state index in [1.165, 1.54) is 0 Å². The van der Waals surface area contributed by atoms with Gasteiger partial charge in [-0.3, -0.25) is 0 Å². The maximum Gasteiger partial charge on any atom is 0.0992 e. The molecule has 0 radical (unpaired) electrons. The highest BCUT2D eigenvalue weighted by Gasteiger charge is 2.21. The molecule has 10 rings (SSSR count). The summed E-state index contributed by atoms with van der Waals surface area (Å²) in [5.74, 6) is 0. The molecule has 9 aromatic carbocycles. The van der Waals surface area contributed by atoms with Crippen LogP contribution in [0.15, 0.2) is 224 Å². The van der Waals surface area contributed by atoms with Gasteiger partial charge in [0.1, 0.15) is 0 Å². The Kier molecular flexibility index (Phi) is 10.3. The molecule has 0 atom stereocenters. The highest BCUT2D eigenvalue weighted by Crippen LogP contribution is 2.44. The van der Waals surface area contributed by atoms with Crippen LogP contribution >= 0.6 is 0 Å². The zero-order valence-corrected chi connectivity index (χ0v) is 34.5. The Morgan fingerprint density at radius 2 is 0.578 bits per heavy atom. The Bertz CT molecular complexity index is 3270. The first kappa shape index (κ1) is 38.8. The molecule has 0 N–H and O–H groups in total. The largest absolute Gasteiger partial charge is 0.310 e. The first-order valence-electron chi connectivity index (χ1n) is 20.8. The molecule has 0 spiro atoms. The van der Waals surface area contributed by atoms with Crippen LogP contribution in [-0.4, -0.2) is 4.57 Å². The fourth-order valence-corrected chi connectivity index (χ4v) is 8.52. The van der Waals surface area contributed by atoms with Crippen LogP contribution in [0.5, 0.6) is 0 Å². The normalized spacial score (nSPS) is 10.8. The summed E-state index contributed by atoms with van der Waals surface area (Å²) >= 11 is 0. The number of hydrogen-bond acceptors (Lipinski definition) is 6. The van der Waals surface area contributed by atoms with Gasteiger partial charge in [0.2, 0.25) is 0 Å². The summed E-state index contributed by atoms with van der Waals surface area (Å²) in [4.78, 5) is 6.53. The molecule has 0 amide bonds. The number of fused-ring (bicyclic) bond motifs is 3. The maximum absolute atomic E-state index is 9.90. The van der Waals surface area contributed by atoms with Crippen LogP contribution in [0.3, 0.4) is 0 Å². The lowest BCUT2D eigenvalue weighted by atomic mass is 10.1. The quantitative estimate of drug-likeness (QED) is 0.137. The van der Waals surface area contributed by atoms with Crippen LogP contribution < -0.4 is 14.7 Å². The molecule has 0 fully saturated rings. The molecule has 0 unspecified atom stereocenters. The predicted molar refractivity (Wildman–Crippen MR) is 259 cm³/mol. The third-order valence-corrected chi connectivity index (χ3v) is 11.4. The lowest BCUT2D eigenvalue weighted by Gasteiger charge is -2.26. The van der Waals surface area contributed by atoms with Crippen molar-refractivity contribution in [1.82, 2.24) is 4.57 Å².